The molecule has 0 radical (unpaired) electrons. The molecule has 0 aromatic heterocycles. The molecule has 0 aliphatic heterocycles. The summed E-state index contributed by atoms with van der Waals surface area (Å²) in [6.07, 6.45) is 0. The highest BCUT2D eigenvalue weighted by Gasteiger charge is 2.15. The average molecular weight is 285 g/mol. The van der Waals surface area contributed by atoms with Gasteiger partial charge in [0.15, 0.2) is 11.6 Å². The van der Waals surface area contributed by atoms with E-state index in [0.717, 1.165) is 6.07 Å². The van der Waals surface area contributed by atoms with Gasteiger partial charge in [0.1, 0.15) is 0 Å². The fourth-order valence-corrected chi connectivity index (χ4v) is 2.64. The third-order valence-corrected chi connectivity index (χ3v) is 3.27. The van der Waals surface area contributed by atoms with Crippen LogP contribution in [0.2, 0.25) is 0 Å². The molecule has 1 aromatic rings. The number of ether oxygens (including phenoxy) is 1. The molecule has 1 unspecified atom stereocenters. The maximum Gasteiger partial charge on any atom is 0.232 e. The van der Waals surface area contributed by atoms with Crippen LogP contribution < -0.4 is 4.74 Å². The van der Waals surface area contributed by atoms with Gasteiger partial charge in [0.05, 0.1) is 12.4 Å². The van der Waals surface area contributed by atoms with E-state index in [1.54, 1.807) is 6.92 Å². The van der Waals surface area contributed by atoms with Gasteiger partial charge in [-0.3, -0.25) is 0 Å². The summed E-state index contributed by atoms with van der Waals surface area (Å²) in [5, 5.41) is 0. The summed E-state index contributed by atoms with van der Waals surface area (Å²) < 4.78 is 52.4. The first-order valence-corrected chi connectivity index (χ1v) is 7.26. The van der Waals surface area contributed by atoms with Gasteiger partial charge >= 0.3 is 0 Å². The minimum Gasteiger partial charge on any atom is -0.490 e. The second-order valence-electron chi connectivity index (χ2n) is 3.67. The zero-order valence-electron chi connectivity index (χ0n) is 8.99. The summed E-state index contributed by atoms with van der Waals surface area (Å²) in [7, 11) is 1.43. The van der Waals surface area contributed by atoms with Gasteiger partial charge in [-0.1, -0.05) is 13.0 Å². The molecule has 7 heteroatoms. The van der Waals surface area contributed by atoms with E-state index in [4.69, 9.17) is 15.4 Å². The van der Waals surface area contributed by atoms with Crippen molar-refractivity contribution >= 4 is 19.7 Å². The molecule has 0 aliphatic rings. The minimum atomic E-state index is -3.62. The number of hydrogen-bond donors (Lipinski definition) is 0. The lowest BCUT2D eigenvalue weighted by atomic mass is 10.2. The number of hydrogen-bond acceptors (Lipinski definition) is 3. The third-order valence-electron chi connectivity index (χ3n) is 1.92. The average Bonchev–Trinajstić information content (AvgIpc) is 2.18. The van der Waals surface area contributed by atoms with Gasteiger partial charge in [-0.15, -0.1) is 0 Å². The largest absolute Gasteiger partial charge is 0.490 e. The molecule has 1 rings (SSSR count). The Hall–Kier alpha value is -0.880. The molecule has 0 spiro atoms. The molecule has 0 amide bonds. The van der Waals surface area contributed by atoms with E-state index >= 15 is 0 Å². The maximum atomic E-state index is 13.1. The van der Waals surface area contributed by atoms with Crippen LogP contribution in [0, 0.1) is 17.6 Å². The molecule has 1 aromatic carbocycles. The highest BCUT2D eigenvalue weighted by atomic mass is 35.7. The van der Waals surface area contributed by atoms with E-state index in [0.29, 0.717) is 0 Å². The van der Waals surface area contributed by atoms with Gasteiger partial charge in [-0.25, -0.2) is 12.8 Å². The Labute approximate surface area is 103 Å². The first-order valence-electron chi connectivity index (χ1n) is 4.78. The molecule has 0 saturated carbocycles. The van der Waals surface area contributed by atoms with E-state index < -0.39 is 26.6 Å². The summed E-state index contributed by atoms with van der Waals surface area (Å²) in [5.74, 6) is -3.05. The van der Waals surface area contributed by atoms with Crippen molar-refractivity contribution in [3.05, 3.63) is 29.8 Å². The van der Waals surface area contributed by atoms with Gasteiger partial charge in [0.2, 0.25) is 14.9 Å². The highest BCUT2D eigenvalue weighted by molar-refractivity contribution is 8.13. The van der Waals surface area contributed by atoms with Crippen LogP contribution in [0.4, 0.5) is 8.78 Å². The molecule has 1 atom stereocenters. The van der Waals surface area contributed by atoms with Crippen LogP contribution in [-0.4, -0.2) is 20.8 Å². The molecular weight excluding hydrogens is 274 g/mol. The summed E-state index contributed by atoms with van der Waals surface area (Å²) in [6.45, 7) is 1.52. The first kappa shape index (κ1) is 14.2. The van der Waals surface area contributed by atoms with Crippen LogP contribution in [0.3, 0.4) is 0 Å². The van der Waals surface area contributed by atoms with E-state index in [1.165, 1.54) is 12.1 Å². The molecule has 0 saturated heterocycles. The van der Waals surface area contributed by atoms with Gasteiger partial charge < -0.3 is 4.74 Å². The van der Waals surface area contributed by atoms with E-state index in [9.17, 15) is 17.2 Å². The van der Waals surface area contributed by atoms with E-state index in [-0.39, 0.29) is 18.1 Å². The molecule has 17 heavy (non-hydrogen) atoms. The zero-order valence-corrected chi connectivity index (χ0v) is 10.6. The maximum absolute atomic E-state index is 13.1. The number of rotatable bonds is 5. The summed E-state index contributed by atoms with van der Waals surface area (Å²) >= 11 is 0. The van der Waals surface area contributed by atoms with Crippen LogP contribution in [0.15, 0.2) is 18.2 Å². The second-order valence-corrected chi connectivity index (χ2v) is 6.50. The predicted octanol–water partition coefficient (Wildman–Crippen LogP) is 2.55. The number of halogens is 3. The monoisotopic (exact) mass is 284 g/mol. The fourth-order valence-electron chi connectivity index (χ4n) is 1.22. The minimum absolute atomic E-state index is 0.0632. The standard InChI is InChI=1S/C10H11ClF2O3S/c1-7(6-17(11,14)15)5-16-9-4-2-3-8(12)10(9)13/h2-4,7H,5-6H2,1H3. The van der Waals surface area contributed by atoms with Crippen molar-refractivity contribution in [1.29, 1.82) is 0 Å². The normalized spacial score (nSPS) is 13.4. The molecule has 96 valence electrons. The molecule has 0 bridgehead atoms. The van der Waals surface area contributed by atoms with Crippen molar-refractivity contribution in [2.24, 2.45) is 5.92 Å². The SMILES string of the molecule is CC(COc1cccc(F)c1F)CS(=O)(=O)Cl. The molecular formula is C10H11ClF2O3S. The smallest absolute Gasteiger partial charge is 0.232 e. The fraction of sp³-hybridized carbons (Fsp3) is 0.400. The van der Waals surface area contributed by atoms with Crippen LogP contribution in [0.1, 0.15) is 6.92 Å². The lowest BCUT2D eigenvalue weighted by Gasteiger charge is -2.12. The lowest BCUT2D eigenvalue weighted by Crippen LogP contribution is -2.17. The Kier molecular flexibility index (Phi) is 4.70. The van der Waals surface area contributed by atoms with Gasteiger partial charge in [0.25, 0.3) is 0 Å². The second kappa shape index (κ2) is 5.64. The van der Waals surface area contributed by atoms with Crippen LogP contribution >= 0.6 is 10.7 Å². The Bertz CT molecular complexity index is 490. The Morgan fingerprint density at radius 2 is 2.06 bits per heavy atom. The summed E-state index contributed by atoms with van der Waals surface area (Å²) in [6, 6.07) is 3.53. The van der Waals surface area contributed by atoms with Crippen molar-refractivity contribution in [2.75, 3.05) is 12.4 Å². The first-order chi connectivity index (χ1) is 7.79. The van der Waals surface area contributed by atoms with Crippen molar-refractivity contribution in [3.63, 3.8) is 0 Å². The van der Waals surface area contributed by atoms with Gasteiger partial charge in [0, 0.05) is 16.6 Å². The van der Waals surface area contributed by atoms with Crippen LogP contribution in [-0.2, 0) is 9.05 Å². The van der Waals surface area contributed by atoms with Crippen molar-refractivity contribution in [3.8, 4) is 5.75 Å². The highest BCUT2D eigenvalue weighted by Crippen LogP contribution is 2.20. The number of benzene rings is 1. The van der Waals surface area contributed by atoms with Crippen molar-refractivity contribution in [1.82, 2.24) is 0 Å². The topological polar surface area (TPSA) is 43.4 Å². The lowest BCUT2D eigenvalue weighted by molar-refractivity contribution is 0.256. The molecule has 0 fully saturated rings. The Morgan fingerprint density at radius 3 is 2.65 bits per heavy atom. The van der Waals surface area contributed by atoms with Crippen LogP contribution in [0.25, 0.3) is 0 Å². The van der Waals surface area contributed by atoms with Gasteiger partial charge in [-0.2, -0.15) is 4.39 Å². The molecule has 0 aliphatic carbocycles. The van der Waals surface area contributed by atoms with E-state index in [1.807, 2.05) is 0 Å². The summed E-state index contributed by atoms with van der Waals surface area (Å²) in [4.78, 5) is 0. The Balaban J connectivity index is 2.59. The van der Waals surface area contributed by atoms with E-state index in [2.05, 4.69) is 0 Å². The predicted molar refractivity (Wildman–Crippen MR) is 60.7 cm³/mol. The molecule has 0 heterocycles. The molecule has 3 nitrogen and oxygen atoms in total. The Morgan fingerprint density at radius 1 is 1.41 bits per heavy atom. The van der Waals surface area contributed by atoms with Crippen molar-refractivity contribution < 1.29 is 21.9 Å². The molecule has 0 N–H and O–H groups in total. The van der Waals surface area contributed by atoms with Crippen LogP contribution in [0.5, 0.6) is 5.75 Å². The van der Waals surface area contributed by atoms with Crippen molar-refractivity contribution in [2.45, 2.75) is 6.92 Å². The zero-order chi connectivity index (χ0) is 13.1. The van der Waals surface area contributed by atoms with Gasteiger partial charge in [-0.05, 0) is 12.1 Å². The quantitative estimate of drug-likeness (QED) is 0.781. The summed E-state index contributed by atoms with van der Waals surface area (Å²) in [5.41, 5.74) is 0. The third kappa shape index (κ3) is 4.87.